The Morgan fingerprint density at radius 3 is 3.00 bits per heavy atom. The summed E-state index contributed by atoms with van der Waals surface area (Å²) in [6.07, 6.45) is 2.62. The van der Waals surface area contributed by atoms with Crippen molar-refractivity contribution in [3.8, 4) is 0 Å². The summed E-state index contributed by atoms with van der Waals surface area (Å²) in [7, 11) is 0. The van der Waals surface area contributed by atoms with Crippen LogP contribution < -0.4 is 11.1 Å². The van der Waals surface area contributed by atoms with Crippen LogP contribution in [0, 0.1) is 6.92 Å². The summed E-state index contributed by atoms with van der Waals surface area (Å²) in [6.45, 7) is 4.38. The number of aryl methyl sites for hydroxylation is 1. The van der Waals surface area contributed by atoms with Gasteiger partial charge in [0.2, 0.25) is 0 Å². The molecule has 2 rings (SSSR count). The van der Waals surface area contributed by atoms with E-state index in [1.54, 1.807) is 0 Å². The van der Waals surface area contributed by atoms with Crippen LogP contribution in [-0.2, 0) is 0 Å². The number of nitrogen functional groups attached to an aromatic ring is 1. The Labute approximate surface area is 95.6 Å². The van der Waals surface area contributed by atoms with Crippen molar-refractivity contribution < 1.29 is 0 Å². The van der Waals surface area contributed by atoms with Crippen LogP contribution >= 0.6 is 11.8 Å². The first-order valence-corrected chi connectivity index (χ1v) is 6.37. The van der Waals surface area contributed by atoms with Gasteiger partial charge in [0.25, 0.3) is 0 Å². The van der Waals surface area contributed by atoms with Crippen LogP contribution in [-0.4, -0.2) is 18.3 Å². The molecule has 1 fully saturated rings. The summed E-state index contributed by atoms with van der Waals surface area (Å²) in [5.41, 5.74) is 7.87. The van der Waals surface area contributed by atoms with E-state index in [-0.39, 0.29) is 0 Å². The van der Waals surface area contributed by atoms with Crippen LogP contribution in [0.15, 0.2) is 23.1 Å². The summed E-state index contributed by atoms with van der Waals surface area (Å²) in [4.78, 5) is 1.34. The first-order chi connectivity index (χ1) is 7.25. The Morgan fingerprint density at radius 2 is 2.33 bits per heavy atom. The lowest BCUT2D eigenvalue weighted by Crippen LogP contribution is -2.31. The fourth-order valence-electron chi connectivity index (χ4n) is 1.83. The van der Waals surface area contributed by atoms with Crippen LogP contribution in [0.25, 0.3) is 0 Å². The van der Waals surface area contributed by atoms with Gasteiger partial charge in [-0.05, 0) is 50.1 Å². The average Bonchev–Trinajstić information content (AvgIpc) is 2.25. The lowest BCUT2D eigenvalue weighted by Gasteiger charge is -2.22. The molecular formula is C12H18N2S. The minimum absolute atomic E-state index is 0.724. The van der Waals surface area contributed by atoms with E-state index in [4.69, 9.17) is 5.73 Å². The molecule has 0 aromatic heterocycles. The largest absolute Gasteiger partial charge is 0.399 e. The van der Waals surface area contributed by atoms with Crippen LogP contribution in [0.4, 0.5) is 5.69 Å². The van der Waals surface area contributed by atoms with Gasteiger partial charge in [0.1, 0.15) is 0 Å². The molecule has 0 spiro atoms. The zero-order chi connectivity index (χ0) is 10.7. The monoisotopic (exact) mass is 222 g/mol. The molecule has 82 valence electrons. The van der Waals surface area contributed by atoms with E-state index in [1.165, 1.54) is 29.8 Å². The number of nitrogens with two attached hydrogens (primary N) is 1. The van der Waals surface area contributed by atoms with Crippen molar-refractivity contribution in [3.05, 3.63) is 23.8 Å². The van der Waals surface area contributed by atoms with Crippen LogP contribution in [0.3, 0.4) is 0 Å². The molecule has 0 aliphatic carbocycles. The highest BCUT2D eigenvalue weighted by atomic mass is 32.2. The highest BCUT2D eigenvalue weighted by Gasteiger charge is 2.14. The first kappa shape index (κ1) is 10.8. The van der Waals surface area contributed by atoms with Crippen LogP contribution in [0.1, 0.15) is 18.4 Å². The fraction of sp³-hybridized carbons (Fsp3) is 0.500. The molecule has 0 radical (unpaired) electrons. The molecule has 1 aliphatic heterocycles. The average molecular weight is 222 g/mol. The smallest absolute Gasteiger partial charge is 0.0344 e. The van der Waals surface area contributed by atoms with Crippen molar-refractivity contribution in [2.45, 2.75) is 29.9 Å². The molecule has 1 aliphatic rings. The normalized spacial score (nSPS) is 21.5. The molecule has 0 amide bonds. The molecule has 1 heterocycles. The number of anilines is 1. The van der Waals surface area contributed by atoms with Crippen LogP contribution in [0.2, 0.25) is 0 Å². The minimum Gasteiger partial charge on any atom is -0.399 e. The van der Waals surface area contributed by atoms with Crippen molar-refractivity contribution in [3.63, 3.8) is 0 Å². The lowest BCUT2D eigenvalue weighted by molar-refractivity contribution is 0.531. The second kappa shape index (κ2) is 4.90. The van der Waals surface area contributed by atoms with Crippen molar-refractivity contribution in [2.24, 2.45) is 0 Å². The Bertz CT molecular complexity index is 332. The molecule has 1 aromatic carbocycles. The highest BCUT2D eigenvalue weighted by molar-refractivity contribution is 8.00. The van der Waals surface area contributed by atoms with Gasteiger partial charge in [-0.25, -0.2) is 0 Å². The first-order valence-electron chi connectivity index (χ1n) is 5.49. The van der Waals surface area contributed by atoms with E-state index in [9.17, 15) is 0 Å². The summed E-state index contributed by atoms with van der Waals surface area (Å²) in [6, 6.07) is 6.32. The predicted molar refractivity (Wildman–Crippen MR) is 67.3 cm³/mol. The van der Waals surface area contributed by atoms with E-state index in [2.05, 4.69) is 24.4 Å². The van der Waals surface area contributed by atoms with E-state index < -0.39 is 0 Å². The van der Waals surface area contributed by atoms with Gasteiger partial charge in [0.15, 0.2) is 0 Å². The van der Waals surface area contributed by atoms with E-state index >= 15 is 0 Å². The van der Waals surface area contributed by atoms with Crippen molar-refractivity contribution in [2.75, 3.05) is 18.8 Å². The maximum atomic E-state index is 5.80. The quantitative estimate of drug-likeness (QED) is 0.755. The number of nitrogens with one attached hydrogen (secondary N) is 1. The van der Waals surface area contributed by atoms with Crippen molar-refractivity contribution in [1.82, 2.24) is 5.32 Å². The number of benzene rings is 1. The molecule has 1 saturated heterocycles. The molecule has 2 nitrogen and oxygen atoms in total. The number of rotatable bonds is 2. The van der Waals surface area contributed by atoms with Gasteiger partial charge in [0, 0.05) is 22.4 Å². The Morgan fingerprint density at radius 1 is 1.47 bits per heavy atom. The van der Waals surface area contributed by atoms with E-state index in [0.29, 0.717) is 0 Å². The van der Waals surface area contributed by atoms with Gasteiger partial charge < -0.3 is 11.1 Å². The van der Waals surface area contributed by atoms with Gasteiger partial charge in [-0.1, -0.05) is 0 Å². The second-order valence-electron chi connectivity index (χ2n) is 4.10. The minimum atomic E-state index is 0.724. The number of hydrogen-bond acceptors (Lipinski definition) is 3. The third-order valence-corrected chi connectivity index (χ3v) is 4.06. The Kier molecular flexibility index (Phi) is 3.54. The van der Waals surface area contributed by atoms with E-state index in [1.807, 2.05) is 17.8 Å². The van der Waals surface area contributed by atoms with Crippen LogP contribution in [0.5, 0.6) is 0 Å². The fourth-order valence-corrected chi connectivity index (χ4v) is 3.10. The molecular weight excluding hydrogens is 204 g/mol. The van der Waals surface area contributed by atoms with Gasteiger partial charge in [-0.2, -0.15) is 0 Å². The lowest BCUT2D eigenvalue weighted by atomic mass is 10.2. The summed E-state index contributed by atoms with van der Waals surface area (Å²) < 4.78 is 0. The summed E-state index contributed by atoms with van der Waals surface area (Å²) >= 11 is 1.97. The summed E-state index contributed by atoms with van der Waals surface area (Å²) in [5.74, 6) is 0. The standard InChI is InChI=1S/C12H18N2S/c1-9-7-10(4-5-12(9)13)15-11-3-2-6-14-8-11/h4-5,7,11,14H,2-3,6,8,13H2,1H3. The SMILES string of the molecule is Cc1cc(SC2CCCNC2)ccc1N. The molecule has 3 N–H and O–H groups in total. The van der Waals surface area contributed by atoms with Crippen molar-refractivity contribution >= 4 is 17.4 Å². The molecule has 3 heteroatoms. The predicted octanol–water partition coefficient (Wildman–Crippen LogP) is 2.42. The van der Waals surface area contributed by atoms with Gasteiger partial charge in [-0.15, -0.1) is 11.8 Å². The molecule has 1 unspecified atom stereocenters. The zero-order valence-electron chi connectivity index (χ0n) is 9.12. The molecule has 0 bridgehead atoms. The third-order valence-electron chi connectivity index (χ3n) is 2.80. The number of piperidine rings is 1. The molecule has 1 aromatic rings. The maximum absolute atomic E-state index is 5.80. The summed E-state index contributed by atoms with van der Waals surface area (Å²) in [5, 5.41) is 4.16. The number of thioether (sulfide) groups is 1. The van der Waals surface area contributed by atoms with Crippen molar-refractivity contribution in [1.29, 1.82) is 0 Å². The van der Waals surface area contributed by atoms with Gasteiger partial charge in [0.05, 0.1) is 0 Å². The topological polar surface area (TPSA) is 38.0 Å². The van der Waals surface area contributed by atoms with Gasteiger partial charge >= 0.3 is 0 Å². The third kappa shape index (κ3) is 2.89. The zero-order valence-corrected chi connectivity index (χ0v) is 9.94. The number of hydrogen-bond donors (Lipinski definition) is 2. The highest BCUT2D eigenvalue weighted by Crippen LogP contribution is 2.29. The molecule has 15 heavy (non-hydrogen) atoms. The van der Waals surface area contributed by atoms with Gasteiger partial charge in [-0.3, -0.25) is 0 Å². The Hall–Kier alpha value is -0.670. The second-order valence-corrected chi connectivity index (χ2v) is 5.48. The van der Waals surface area contributed by atoms with E-state index in [0.717, 1.165) is 17.5 Å². The molecule has 1 atom stereocenters. The molecule has 0 saturated carbocycles. The Balaban J connectivity index is 2.00. The maximum Gasteiger partial charge on any atom is 0.0344 e.